The van der Waals surface area contributed by atoms with Gasteiger partial charge in [0.15, 0.2) is 11.6 Å². The topological polar surface area (TPSA) is 65.9 Å². The average molecular weight is 540 g/mol. The number of likely N-dealkylation sites (tertiary alicyclic amines) is 1. The van der Waals surface area contributed by atoms with E-state index >= 15 is 0 Å². The molecule has 4 rings (SSSR count). The number of nitrogens with zero attached hydrogens (tertiary/aromatic N) is 3. The van der Waals surface area contributed by atoms with Crippen LogP contribution in [-0.4, -0.2) is 66.7 Å². The van der Waals surface area contributed by atoms with Gasteiger partial charge in [0.2, 0.25) is 0 Å². The minimum absolute atomic E-state index is 0.0217. The molecule has 1 aromatic heterocycles. The molecule has 0 aliphatic carbocycles. The average Bonchev–Trinajstić information content (AvgIpc) is 2.91. The number of halogens is 3. The molecule has 1 aliphatic rings. The van der Waals surface area contributed by atoms with Crippen molar-refractivity contribution in [3.63, 3.8) is 0 Å². The molecule has 1 fully saturated rings. The number of aliphatic carboxylic acids is 1. The van der Waals surface area contributed by atoms with E-state index in [1.165, 1.54) is 0 Å². The molecule has 3 atom stereocenters. The van der Waals surface area contributed by atoms with Gasteiger partial charge in [-0.05, 0) is 81.7 Å². The fourth-order valence-electron chi connectivity index (χ4n) is 5.36. The number of piperidine rings is 1. The molecule has 3 aromatic rings. The Labute approximate surface area is 226 Å². The van der Waals surface area contributed by atoms with Gasteiger partial charge in [0.1, 0.15) is 11.6 Å². The van der Waals surface area contributed by atoms with Crippen molar-refractivity contribution in [2.75, 3.05) is 40.8 Å². The van der Waals surface area contributed by atoms with Crippen LogP contribution in [-0.2, 0) is 4.79 Å². The molecule has 0 saturated carbocycles. The third kappa shape index (κ3) is 6.70. The highest BCUT2D eigenvalue weighted by atomic mass is 19.2. The molecule has 0 spiro atoms. The van der Waals surface area contributed by atoms with Crippen LogP contribution < -0.4 is 4.74 Å². The van der Waals surface area contributed by atoms with E-state index in [1.54, 1.807) is 13.3 Å². The largest absolute Gasteiger partial charge is 0.497 e. The molecule has 206 valence electrons. The standard InChI is InChI=1S/C30H32F3N3O3/c1-35(2)28(23-10-12-34-27-8-7-22(39-3)17-24(23)27)9-6-19-11-14-36(18-25(19)30(37)38)13-4-5-20-15-21(31)16-26(32)29(20)33/h7-8,10,12,15-17,19,25,28H,6,9,11,13-14,18H2,1-3H3,(H,37,38)/t19-,25+,28+/m1/s1. The maximum absolute atomic E-state index is 13.9. The maximum atomic E-state index is 13.9. The first-order valence-corrected chi connectivity index (χ1v) is 12.9. The SMILES string of the molecule is COc1ccc2nccc([C@H](CC[C@@H]3CCN(CC#Cc4cc(F)cc(F)c4F)C[C@@H]3C(=O)O)N(C)C)c2c1. The number of ether oxygens (including phenoxy) is 1. The second kappa shape index (κ2) is 12.5. The highest BCUT2D eigenvalue weighted by Gasteiger charge is 2.34. The summed E-state index contributed by atoms with van der Waals surface area (Å²) >= 11 is 0. The van der Waals surface area contributed by atoms with Crippen LogP contribution in [0.25, 0.3) is 10.9 Å². The first-order valence-electron chi connectivity index (χ1n) is 12.9. The van der Waals surface area contributed by atoms with Crippen LogP contribution in [0.4, 0.5) is 13.2 Å². The molecule has 2 aromatic carbocycles. The van der Waals surface area contributed by atoms with E-state index < -0.39 is 29.3 Å². The Morgan fingerprint density at radius 1 is 1.23 bits per heavy atom. The second-order valence-electron chi connectivity index (χ2n) is 10.1. The van der Waals surface area contributed by atoms with Crippen molar-refractivity contribution >= 4 is 16.9 Å². The minimum atomic E-state index is -1.29. The van der Waals surface area contributed by atoms with Crippen LogP contribution in [0.3, 0.4) is 0 Å². The van der Waals surface area contributed by atoms with Gasteiger partial charge in [0, 0.05) is 30.2 Å². The van der Waals surface area contributed by atoms with Gasteiger partial charge in [-0.1, -0.05) is 11.8 Å². The fourth-order valence-corrected chi connectivity index (χ4v) is 5.36. The molecular weight excluding hydrogens is 507 g/mol. The monoisotopic (exact) mass is 539 g/mol. The summed E-state index contributed by atoms with van der Waals surface area (Å²) in [6, 6.07) is 9.18. The van der Waals surface area contributed by atoms with Crippen molar-refractivity contribution in [2.45, 2.75) is 25.3 Å². The highest BCUT2D eigenvalue weighted by Crippen LogP contribution is 2.35. The van der Waals surface area contributed by atoms with Crippen molar-refractivity contribution in [3.05, 3.63) is 71.2 Å². The van der Waals surface area contributed by atoms with E-state index in [0.717, 1.165) is 41.1 Å². The fraction of sp³-hybridized carbons (Fsp3) is 0.400. The van der Waals surface area contributed by atoms with E-state index in [1.807, 2.05) is 43.3 Å². The summed E-state index contributed by atoms with van der Waals surface area (Å²) in [5, 5.41) is 11.0. The highest BCUT2D eigenvalue weighted by molar-refractivity contribution is 5.84. The van der Waals surface area contributed by atoms with E-state index in [0.29, 0.717) is 25.6 Å². The van der Waals surface area contributed by atoms with Crippen molar-refractivity contribution in [3.8, 4) is 17.6 Å². The van der Waals surface area contributed by atoms with Crippen molar-refractivity contribution < 1.29 is 27.8 Å². The number of hydrogen-bond acceptors (Lipinski definition) is 5. The molecule has 0 unspecified atom stereocenters. The van der Waals surface area contributed by atoms with Gasteiger partial charge < -0.3 is 14.7 Å². The van der Waals surface area contributed by atoms with Crippen LogP contribution in [0.2, 0.25) is 0 Å². The Kier molecular flexibility index (Phi) is 9.10. The number of carboxylic acid groups (broad SMARTS) is 1. The molecule has 39 heavy (non-hydrogen) atoms. The number of hydrogen-bond donors (Lipinski definition) is 1. The summed E-state index contributed by atoms with van der Waals surface area (Å²) in [7, 11) is 5.66. The Balaban J connectivity index is 1.44. The summed E-state index contributed by atoms with van der Waals surface area (Å²) in [5.41, 5.74) is 1.64. The van der Waals surface area contributed by atoms with Gasteiger partial charge in [-0.3, -0.25) is 14.7 Å². The lowest BCUT2D eigenvalue weighted by molar-refractivity contribution is -0.146. The van der Waals surface area contributed by atoms with E-state index in [-0.39, 0.29) is 24.1 Å². The Morgan fingerprint density at radius 3 is 2.74 bits per heavy atom. The zero-order chi connectivity index (χ0) is 28.1. The van der Waals surface area contributed by atoms with E-state index in [4.69, 9.17) is 4.74 Å². The predicted molar refractivity (Wildman–Crippen MR) is 143 cm³/mol. The number of carbonyl (C=O) groups is 1. The lowest BCUT2D eigenvalue weighted by Gasteiger charge is -2.37. The number of pyridine rings is 1. The summed E-state index contributed by atoms with van der Waals surface area (Å²) in [6.07, 6.45) is 3.96. The number of aromatic nitrogens is 1. The summed E-state index contributed by atoms with van der Waals surface area (Å²) in [5.74, 6) is 1.11. The molecule has 0 amide bonds. The van der Waals surface area contributed by atoms with Crippen LogP contribution in [0, 0.1) is 41.1 Å². The van der Waals surface area contributed by atoms with Crippen molar-refractivity contribution in [2.24, 2.45) is 11.8 Å². The number of fused-ring (bicyclic) bond motifs is 1. The van der Waals surface area contributed by atoms with Gasteiger partial charge in [-0.25, -0.2) is 13.2 Å². The molecule has 0 bridgehead atoms. The third-order valence-corrected chi connectivity index (χ3v) is 7.45. The van der Waals surface area contributed by atoms with E-state index in [2.05, 4.69) is 21.7 Å². The van der Waals surface area contributed by atoms with Crippen LogP contribution >= 0.6 is 0 Å². The number of carboxylic acids is 1. The van der Waals surface area contributed by atoms with Crippen molar-refractivity contribution in [1.82, 2.24) is 14.8 Å². The second-order valence-corrected chi connectivity index (χ2v) is 10.1. The maximum Gasteiger partial charge on any atom is 0.308 e. The number of benzene rings is 2. The molecule has 9 heteroatoms. The molecule has 1 aliphatic heterocycles. The smallest absolute Gasteiger partial charge is 0.308 e. The van der Waals surface area contributed by atoms with Gasteiger partial charge >= 0.3 is 5.97 Å². The predicted octanol–water partition coefficient (Wildman–Crippen LogP) is 5.12. The quantitative estimate of drug-likeness (QED) is 0.317. The van der Waals surface area contributed by atoms with Gasteiger partial charge in [-0.2, -0.15) is 0 Å². The van der Waals surface area contributed by atoms with Crippen LogP contribution in [0.15, 0.2) is 42.6 Å². The normalized spacial score (nSPS) is 18.5. The molecule has 2 heterocycles. The zero-order valence-corrected chi connectivity index (χ0v) is 22.3. The summed E-state index contributed by atoms with van der Waals surface area (Å²) in [6.45, 7) is 1.11. The number of methoxy groups -OCH3 is 1. The first-order chi connectivity index (χ1) is 18.7. The van der Waals surface area contributed by atoms with Crippen LogP contribution in [0.1, 0.15) is 36.4 Å². The summed E-state index contributed by atoms with van der Waals surface area (Å²) in [4.78, 5) is 20.7. The number of rotatable bonds is 8. The Hall–Kier alpha value is -3.61. The minimum Gasteiger partial charge on any atom is -0.497 e. The molecule has 0 radical (unpaired) electrons. The third-order valence-electron chi connectivity index (χ3n) is 7.45. The molecule has 6 nitrogen and oxygen atoms in total. The van der Waals surface area contributed by atoms with Crippen LogP contribution in [0.5, 0.6) is 5.75 Å². The lowest BCUT2D eigenvalue weighted by Crippen LogP contribution is -2.44. The molecule has 1 N–H and O–H groups in total. The van der Waals surface area contributed by atoms with Gasteiger partial charge in [-0.15, -0.1) is 0 Å². The zero-order valence-electron chi connectivity index (χ0n) is 22.3. The van der Waals surface area contributed by atoms with Gasteiger partial charge in [0.05, 0.1) is 30.7 Å². The summed E-state index contributed by atoms with van der Waals surface area (Å²) < 4.78 is 46.1. The Morgan fingerprint density at radius 2 is 2.03 bits per heavy atom. The molecule has 1 saturated heterocycles. The van der Waals surface area contributed by atoms with Gasteiger partial charge in [0.25, 0.3) is 0 Å². The van der Waals surface area contributed by atoms with E-state index in [9.17, 15) is 23.1 Å². The Bertz CT molecular complexity index is 1400. The lowest BCUT2D eigenvalue weighted by atomic mass is 9.80. The molecular formula is C30H32F3N3O3. The first kappa shape index (κ1) is 28.4. The van der Waals surface area contributed by atoms with Crippen molar-refractivity contribution in [1.29, 1.82) is 0 Å².